The van der Waals surface area contributed by atoms with Gasteiger partial charge in [-0.3, -0.25) is 4.79 Å². The lowest BCUT2D eigenvalue weighted by Crippen LogP contribution is -2.41. The number of ether oxygens (including phenoxy) is 1. The minimum absolute atomic E-state index is 0. The Morgan fingerprint density at radius 3 is 2.61 bits per heavy atom. The molecule has 0 spiro atoms. The van der Waals surface area contributed by atoms with E-state index in [2.05, 4.69) is 15.4 Å². The van der Waals surface area contributed by atoms with E-state index in [9.17, 15) is 18.0 Å². The van der Waals surface area contributed by atoms with Gasteiger partial charge in [0.2, 0.25) is 5.91 Å². The van der Waals surface area contributed by atoms with Crippen molar-refractivity contribution in [3.8, 4) is 5.75 Å². The molecule has 0 saturated carbocycles. The molecule has 0 radical (unpaired) electrons. The summed E-state index contributed by atoms with van der Waals surface area (Å²) in [6, 6.07) is 5.63. The van der Waals surface area contributed by atoms with Crippen LogP contribution in [0.1, 0.15) is 12.0 Å². The van der Waals surface area contributed by atoms with Crippen molar-refractivity contribution in [3.63, 3.8) is 0 Å². The van der Waals surface area contributed by atoms with Crippen LogP contribution in [-0.4, -0.2) is 36.4 Å². The lowest BCUT2D eigenvalue weighted by atomic mass is 10.2. The fraction of sp³-hybridized carbons (Fsp3) is 0.500. The minimum Gasteiger partial charge on any atom is -0.406 e. The standard InChI is InChI=1S/C14H17F3N2O2S.ClH/c15-14(16,17)21-12-3-1-10(2-4-12)8-19-13(20)7-11-9-22-6-5-18-11;/h1-4,11,18H,5-9H2,(H,19,20);1H. The van der Waals surface area contributed by atoms with Gasteiger partial charge >= 0.3 is 6.36 Å². The Hall–Kier alpha value is -1.12. The number of carbonyl (C=O) groups excluding carboxylic acids is 1. The van der Waals surface area contributed by atoms with Crippen molar-refractivity contribution in [1.82, 2.24) is 10.6 Å². The summed E-state index contributed by atoms with van der Waals surface area (Å²) >= 11 is 1.82. The second kappa shape index (κ2) is 9.24. The molecule has 2 rings (SSSR count). The highest BCUT2D eigenvalue weighted by Crippen LogP contribution is 2.22. The molecule has 1 aliphatic rings. The zero-order valence-electron chi connectivity index (χ0n) is 12.2. The van der Waals surface area contributed by atoms with Gasteiger partial charge in [-0.1, -0.05) is 12.1 Å². The van der Waals surface area contributed by atoms with Crippen LogP contribution in [0, 0.1) is 0 Å². The summed E-state index contributed by atoms with van der Waals surface area (Å²) in [4.78, 5) is 11.8. The van der Waals surface area contributed by atoms with Gasteiger partial charge in [0.15, 0.2) is 0 Å². The molecule has 23 heavy (non-hydrogen) atoms. The van der Waals surface area contributed by atoms with E-state index in [1.807, 2.05) is 11.8 Å². The van der Waals surface area contributed by atoms with Crippen LogP contribution in [0.5, 0.6) is 5.75 Å². The number of rotatable bonds is 5. The maximum atomic E-state index is 12.0. The summed E-state index contributed by atoms with van der Waals surface area (Å²) in [5.74, 6) is 1.63. The smallest absolute Gasteiger partial charge is 0.406 e. The van der Waals surface area contributed by atoms with Crippen LogP contribution in [0.3, 0.4) is 0 Å². The average Bonchev–Trinajstić information content (AvgIpc) is 2.46. The Labute approximate surface area is 142 Å². The molecular weight excluding hydrogens is 353 g/mol. The molecule has 0 aliphatic carbocycles. The molecule has 1 fully saturated rings. The van der Waals surface area contributed by atoms with Crippen molar-refractivity contribution in [2.24, 2.45) is 0 Å². The first-order valence-corrected chi connectivity index (χ1v) is 8.00. The van der Waals surface area contributed by atoms with Gasteiger partial charge in [-0.05, 0) is 17.7 Å². The fourth-order valence-corrected chi connectivity index (χ4v) is 3.01. The summed E-state index contributed by atoms with van der Waals surface area (Å²) in [6.07, 6.45) is -4.29. The molecule has 1 aromatic rings. The molecule has 130 valence electrons. The molecule has 1 atom stereocenters. The lowest BCUT2D eigenvalue weighted by molar-refractivity contribution is -0.274. The number of thioether (sulfide) groups is 1. The molecule has 9 heteroatoms. The minimum atomic E-state index is -4.69. The van der Waals surface area contributed by atoms with Crippen LogP contribution >= 0.6 is 24.2 Å². The lowest BCUT2D eigenvalue weighted by Gasteiger charge is -2.22. The molecule has 1 unspecified atom stereocenters. The van der Waals surface area contributed by atoms with Crippen molar-refractivity contribution >= 4 is 30.1 Å². The monoisotopic (exact) mass is 370 g/mol. The van der Waals surface area contributed by atoms with E-state index >= 15 is 0 Å². The Balaban J connectivity index is 0.00000264. The van der Waals surface area contributed by atoms with E-state index in [0.29, 0.717) is 12.0 Å². The Morgan fingerprint density at radius 2 is 2.04 bits per heavy atom. The summed E-state index contributed by atoms with van der Waals surface area (Å²) in [5, 5.41) is 6.04. The van der Waals surface area contributed by atoms with Crippen molar-refractivity contribution in [2.75, 3.05) is 18.1 Å². The quantitative estimate of drug-likeness (QED) is 0.836. The molecule has 0 bridgehead atoms. The highest BCUT2D eigenvalue weighted by Gasteiger charge is 2.30. The highest BCUT2D eigenvalue weighted by molar-refractivity contribution is 7.99. The first-order valence-electron chi connectivity index (χ1n) is 6.85. The Kier molecular flexibility index (Phi) is 8.01. The molecule has 1 saturated heterocycles. The summed E-state index contributed by atoms with van der Waals surface area (Å²) in [6.45, 7) is 1.19. The Bertz CT molecular complexity index is 494. The Morgan fingerprint density at radius 1 is 1.35 bits per heavy atom. The zero-order valence-corrected chi connectivity index (χ0v) is 13.8. The third-order valence-corrected chi connectivity index (χ3v) is 4.21. The molecule has 4 nitrogen and oxygen atoms in total. The van der Waals surface area contributed by atoms with Gasteiger partial charge in [0.25, 0.3) is 0 Å². The molecule has 1 heterocycles. The number of benzene rings is 1. The number of hydrogen-bond acceptors (Lipinski definition) is 4. The maximum absolute atomic E-state index is 12.0. The van der Waals surface area contributed by atoms with Crippen LogP contribution in [0.15, 0.2) is 24.3 Å². The predicted molar refractivity (Wildman–Crippen MR) is 86.0 cm³/mol. The maximum Gasteiger partial charge on any atom is 0.573 e. The van der Waals surface area contributed by atoms with Crippen LogP contribution in [0.25, 0.3) is 0 Å². The van der Waals surface area contributed by atoms with Gasteiger partial charge in [0, 0.05) is 37.1 Å². The molecular formula is C14H18ClF3N2O2S. The molecule has 2 N–H and O–H groups in total. The van der Waals surface area contributed by atoms with Gasteiger partial charge in [0.1, 0.15) is 5.75 Å². The third kappa shape index (κ3) is 7.81. The fourth-order valence-electron chi connectivity index (χ4n) is 2.06. The zero-order chi connectivity index (χ0) is 16.0. The number of carbonyl (C=O) groups is 1. The van der Waals surface area contributed by atoms with E-state index in [-0.39, 0.29) is 36.7 Å². The topological polar surface area (TPSA) is 50.4 Å². The number of nitrogens with one attached hydrogen (secondary N) is 2. The van der Waals surface area contributed by atoms with Crippen LogP contribution < -0.4 is 15.4 Å². The van der Waals surface area contributed by atoms with Gasteiger partial charge in [-0.2, -0.15) is 11.8 Å². The summed E-state index contributed by atoms with van der Waals surface area (Å²) in [5.41, 5.74) is 0.717. The van der Waals surface area contributed by atoms with Crippen molar-refractivity contribution in [2.45, 2.75) is 25.4 Å². The summed E-state index contributed by atoms with van der Waals surface area (Å²) in [7, 11) is 0. The van der Waals surface area contributed by atoms with Gasteiger partial charge in [-0.25, -0.2) is 0 Å². The highest BCUT2D eigenvalue weighted by atomic mass is 35.5. The van der Waals surface area contributed by atoms with Crippen LogP contribution in [0.4, 0.5) is 13.2 Å². The van der Waals surface area contributed by atoms with E-state index in [4.69, 9.17) is 0 Å². The number of alkyl halides is 3. The van der Waals surface area contributed by atoms with E-state index in [1.165, 1.54) is 24.3 Å². The van der Waals surface area contributed by atoms with Crippen molar-refractivity contribution in [3.05, 3.63) is 29.8 Å². The second-order valence-electron chi connectivity index (χ2n) is 4.90. The summed E-state index contributed by atoms with van der Waals surface area (Å²) < 4.78 is 39.9. The number of hydrogen-bond donors (Lipinski definition) is 2. The molecule has 1 aromatic carbocycles. The first-order chi connectivity index (χ1) is 10.4. The number of amides is 1. The molecule has 1 aliphatic heterocycles. The average molecular weight is 371 g/mol. The molecule has 1 amide bonds. The van der Waals surface area contributed by atoms with Crippen LogP contribution in [-0.2, 0) is 11.3 Å². The van der Waals surface area contributed by atoms with Crippen LogP contribution in [0.2, 0.25) is 0 Å². The van der Waals surface area contributed by atoms with E-state index in [0.717, 1.165) is 18.1 Å². The van der Waals surface area contributed by atoms with Crippen molar-refractivity contribution in [1.29, 1.82) is 0 Å². The van der Waals surface area contributed by atoms with Crippen molar-refractivity contribution < 1.29 is 22.7 Å². The largest absolute Gasteiger partial charge is 0.573 e. The van der Waals surface area contributed by atoms with Gasteiger partial charge in [-0.15, -0.1) is 25.6 Å². The third-order valence-electron chi connectivity index (χ3n) is 3.08. The first kappa shape index (κ1) is 19.9. The van der Waals surface area contributed by atoms with Gasteiger partial charge < -0.3 is 15.4 Å². The van der Waals surface area contributed by atoms with E-state index in [1.54, 1.807) is 0 Å². The normalized spacial score (nSPS) is 18.0. The second-order valence-corrected chi connectivity index (χ2v) is 6.05. The number of halogens is 4. The van der Waals surface area contributed by atoms with E-state index < -0.39 is 6.36 Å². The molecule has 0 aromatic heterocycles. The van der Waals surface area contributed by atoms with Gasteiger partial charge in [0.05, 0.1) is 0 Å². The SMILES string of the molecule is Cl.O=C(CC1CSCCN1)NCc1ccc(OC(F)(F)F)cc1. The predicted octanol–water partition coefficient (Wildman–Crippen LogP) is 2.72.